The van der Waals surface area contributed by atoms with Gasteiger partial charge in [0.2, 0.25) is 0 Å². The van der Waals surface area contributed by atoms with E-state index in [-0.39, 0.29) is 5.78 Å². The molecule has 18 heavy (non-hydrogen) atoms. The fraction of sp³-hybridized carbons (Fsp3) is 0.357. The van der Waals surface area contributed by atoms with Gasteiger partial charge < -0.3 is 0 Å². The van der Waals surface area contributed by atoms with Crippen molar-refractivity contribution in [1.82, 2.24) is 4.90 Å². The van der Waals surface area contributed by atoms with Crippen LogP contribution in [0, 0.1) is 0 Å². The summed E-state index contributed by atoms with van der Waals surface area (Å²) in [7, 11) is 0. The second kappa shape index (κ2) is 5.34. The number of thiophene rings is 2. The van der Waals surface area contributed by atoms with Gasteiger partial charge in [0.15, 0.2) is 5.78 Å². The molecule has 0 atom stereocenters. The van der Waals surface area contributed by atoms with Crippen LogP contribution in [0.2, 0.25) is 0 Å². The number of ketones is 1. The molecular weight excluding hydrogens is 262 g/mol. The number of carbonyl (C=O) groups is 1. The molecule has 0 saturated heterocycles. The molecule has 1 aliphatic rings. The summed E-state index contributed by atoms with van der Waals surface area (Å²) in [6, 6.07) is 8.71. The van der Waals surface area contributed by atoms with Crippen LogP contribution in [-0.4, -0.2) is 23.3 Å². The van der Waals surface area contributed by atoms with E-state index in [0.717, 1.165) is 11.4 Å². The van der Waals surface area contributed by atoms with E-state index < -0.39 is 0 Å². The van der Waals surface area contributed by atoms with E-state index in [1.54, 1.807) is 11.3 Å². The molecule has 3 rings (SSSR count). The number of hydrogen-bond donors (Lipinski definition) is 0. The topological polar surface area (TPSA) is 20.3 Å². The first kappa shape index (κ1) is 12.1. The van der Waals surface area contributed by atoms with Crippen molar-refractivity contribution in [3.63, 3.8) is 0 Å². The predicted octanol–water partition coefficient (Wildman–Crippen LogP) is 3.66. The molecular formula is C14H15NOS2. The van der Waals surface area contributed by atoms with Crippen molar-refractivity contribution in [2.45, 2.75) is 25.4 Å². The zero-order chi connectivity index (χ0) is 12.4. The minimum Gasteiger partial charge on any atom is -0.292 e. The molecule has 94 valence electrons. The van der Waals surface area contributed by atoms with Gasteiger partial charge in [-0.2, -0.15) is 0 Å². The van der Waals surface area contributed by atoms with Gasteiger partial charge in [-0.1, -0.05) is 12.1 Å². The predicted molar refractivity (Wildman–Crippen MR) is 76.4 cm³/mol. The highest BCUT2D eigenvalue weighted by molar-refractivity contribution is 7.12. The minimum atomic E-state index is 0.258. The minimum absolute atomic E-state index is 0.258. The van der Waals surface area contributed by atoms with Crippen LogP contribution in [0.1, 0.15) is 27.4 Å². The van der Waals surface area contributed by atoms with Crippen molar-refractivity contribution < 1.29 is 4.79 Å². The van der Waals surface area contributed by atoms with Crippen molar-refractivity contribution in [3.8, 4) is 0 Å². The lowest BCUT2D eigenvalue weighted by molar-refractivity contribution is 0.0924. The molecule has 0 radical (unpaired) electrons. The molecule has 2 aromatic rings. The standard InChI is InChI=1S/C14H15NOS2/c16-13(14-4-2-8-18-14)10-15(11-5-6-11)9-12-3-1-7-17-12/h1-4,7-8,11H,5-6,9-10H2. The van der Waals surface area contributed by atoms with Crippen LogP contribution < -0.4 is 0 Å². The molecule has 2 nitrogen and oxygen atoms in total. The summed E-state index contributed by atoms with van der Waals surface area (Å²) >= 11 is 3.31. The Morgan fingerprint density at radius 2 is 2.00 bits per heavy atom. The molecule has 0 aromatic carbocycles. The highest BCUT2D eigenvalue weighted by Gasteiger charge is 2.30. The van der Waals surface area contributed by atoms with E-state index in [4.69, 9.17) is 0 Å². The van der Waals surface area contributed by atoms with E-state index in [0.29, 0.717) is 12.6 Å². The summed E-state index contributed by atoms with van der Waals surface area (Å²) in [5, 5.41) is 4.06. The largest absolute Gasteiger partial charge is 0.292 e. The summed E-state index contributed by atoms with van der Waals surface area (Å²) in [6.45, 7) is 1.47. The van der Waals surface area contributed by atoms with Crippen LogP contribution >= 0.6 is 22.7 Å². The van der Waals surface area contributed by atoms with Crippen molar-refractivity contribution in [3.05, 3.63) is 44.8 Å². The van der Waals surface area contributed by atoms with Gasteiger partial charge in [-0.05, 0) is 35.7 Å². The summed E-state index contributed by atoms with van der Waals surface area (Å²) in [6.07, 6.45) is 2.48. The third-order valence-corrected chi connectivity index (χ3v) is 4.92. The Morgan fingerprint density at radius 1 is 1.22 bits per heavy atom. The molecule has 2 heterocycles. The van der Waals surface area contributed by atoms with Crippen LogP contribution in [0.4, 0.5) is 0 Å². The van der Waals surface area contributed by atoms with Gasteiger partial charge >= 0.3 is 0 Å². The number of nitrogens with zero attached hydrogens (tertiary/aromatic N) is 1. The quantitative estimate of drug-likeness (QED) is 0.751. The lowest BCUT2D eigenvalue weighted by Gasteiger charge is -2.19. The van der Waals surface area contributed by atoms with Crippen molar-refractivity contribution in [2.75, 3.05) is 6.54 Å². The molecule has 2 aromatic heterocycles. The second-order valence-electron chi connectivity index (χ2n) is 4.62. The highest BCUT2D eigenvalue weighted by atomic mass is 32.1. The Bertz CT molecular complexity index is 500. The molecule has 0 N–H and O–H groups in total. The molecule has 0 amide bonds. The van der Waals surface area contributed by atoms with Gasteiger partial charge in [-0.15, -0.1) is 22.7 Å². The molecule has 1 saturated carbocycles. The lowest BCUT2D eigenvalue weighted by atomic mass is 10.3. The molecule has 0 unspecified atom stereocenters. The number of hydrogen-bond acceptors (Lipinski definition) is 4. The Kier molecular flexibility index (Phi) is 3.59. The number of carbonyl (C=O) groups excluding carboxylic acids is 1. The number of Topliss-reactive ketones (excluding diaryl/α,β-unsaturated/α-hetero) is 1. The third-order valence-electron chi connectivity index (χ3n) is 3.14. The SMILES string of the molecule is O=C(CN(Cc1cccs1)C1CC1)c1cccs1. The highest BCUT2D eigenvalue weighted by Crippen LogP contribution is 2.29. The van der Waals surface area contributed by atoms with E-state index >= 15 is 0 Å². The Hall–Kier alpha value is -0.970. The van der Waals surface area contributed by atoms with E-state index in [1.165, 1.54) is 29.1 Å². The van der Waals surface area contributed by atoms with Crippen LogP contribution in [0.15, 0.2) is 35.0 Å². The average molecular weight is 277 g/mol. The first-order valence-electron chi connectivity index (χ1n) is 6.16. The van der Waals surface area contributed by atoms with E-state index in [2.05, 4.69) is 22.4 Å². The maximum atomic E-state index is 12.1. The Balaban J connectivity index is 1.65. The van der Waals surface area contributed by atoms with Gasteiger partial charge in [-0.25, -0.2) is 0 Å². The number of rotatable bonds is 6. The van der Waals surface area contributed by atoms with E-state index in [1.807, 2.05) is 17.5 Å². The lowest BCUT2D eigenvalue weighted by Crippen LogP contribution is -2.30. The van der Waals surface area contributed by atoms with Gasteiger partial charge in [0, 0.05) is 17.5 Å². The Labute approximate surface area is 115 Å². The Morgan fingerprint density at radius 3 is 2.61 bits per heavy atom. The second-order valence-corrected chi connectivity index (χ2v) is 6.60. The van der Waals surface area contributed by atoms with Crippen LogP contribution in [0.5, 0.6) is 0 Å². The summed E-state index contributed by atoms with van der Waals surface area (Å²) in [4.78, 5) is 16.7. The fourth-order valence-electron chi connectivity index (χ4n) is 2.06. The molecule has 4 heteroatoms. The first-order valence-corrected chi connectivity index (χ1v) is 7.92. The first-order chi connectivity index (χ1) is 8.83. The summed E-state index contributed by atoms with van der Waals surface area (Å²) < 4.78 is 0. The van der Waals surface area contributed by atoms with Crippen molar-refractivity contribution >= 4 is 28.5 Å². The summed E-state index contributed by atoms with van der Waals surface area (Å²) in [5.74, 6) is 0.258. The molecule has 0 aliphatic heterocycles. The van der Waals surface area contributed by atoms with Crippen molar-refractivity contribution in [1.29, 1.82) is 0 Å². The van der Waals surface area contributed by atoms with Gasteiger partial charge in [0.1, 0.15) is 0 Å². The van der Waals surface area contributed by atoms with E-state index in [9.17, 15) is 4.79 Å². The maximum Gasteiger partial charge on any atom is 0.186 e. The summed E-state index contributed by atoms with van der Waals surface area (Å²) in [5.41, 5.74) is 0. The van der Waals surface area contributed by atoms with Crippen LogP contribution in [0.25, 0.3) is 0 Å². The molecule has 1 fully saturated rings. The molecule has 1 aliphatic carbocycles. The average Bonchev–Trinajstić information content (AvgIpc) is 2.88. The van der Waals surface area contributed by atoms with Crippen LogP contribution in [-0.2, 0) is 6.54 Å². The van der Waals surface area contributed by atoms with Crippen LogP contribution in [0.3, 0.4) is 0 Å². The van der Waals surface area contributed by atoms with Gasteiger partial charge in [0.25, 0.3) is 0 Å². The van der Waals surface area contributed by atoms with Gasteiger partial charge in [-0.3, -0.25) is 9.69 Å². The smallest absolute Gasteiger partial charge is 0.186 e. The third kappa shape index (κ3) is 2.88. The zero-order valence-corrected chi connectivity index (χ0v) is 11.7. The molecule has 0 bridgehead atoms. The molecule has 0 spiro atoms. The fourth-order valence-corrected chi connectivity index (χ4v) is 3.44. The zero-order valence-electron chi connectivity index (χ0n) is 10.0. The normalized spacial score (nSPS) is 15.2. The van der Waals surface area contributed by atoms with Crippen molar-refractivity contribution in [2.24, 2.45) is 0 Å². The van der Waals surface area contributed by atoms with Gasteiger partial charge in [0.05, 0.1) is 11.4 Å². The maximum absolute atomic E-state index is 12.1. The monoisotopic (exact) mass is 277 g/mol.